The number of thiazole rings is 1. The van der Waals surface area contributed by atoms with Crippen LogP contribution in [0.2, 0.25) is 0 Å². The van der Waals surface area contributed by atoms with Gasteiger partial charge in [0.25, 0.3) is 0 Å². The Hall–Kier alpha value is -2.82. The molecule has 9 nitrogen and oxygen atoms in total. The molecule has 2 aliphatic rings. The summed E-state index contributed by atoms with van der Waals surface area (Å²) in [5.74, 6) is -0.813. The third kappa shape index (κ3) is 7.08. The second-order valence-electron chi connectivity index (χ2n) is 12.3. The van der Waals surface area contributed by atoms with Crippen LogP contribution in [0, 0.1) is 24.2 Å². The summed E-state index contributed by atoms with van der Waals surface area (Å²) in [6, 6.07) is 6.27. The van der Waals surface area contributed by atoms with E-state index >= 15 is 0 Å². The van der Waals surface area contributed by atoms with Gasteiger partial charge >= 0.3 is 0 Å². The number of nitrogens with one attached hydrogen (secondary N) is 2. The number of carbonyl (C=O) groups excluding carboxylic acids is 3. The minimum atomic E-state index is -0.834. The molecule has 1 aromatic heterocycles. The molecule has 1 aromatic carbocycles. The molecule has 0 spiro atoms. The predicted molar refractivity (Wildman–Crippen MR) is 154 cm³/mol. The number of aliphatic hydroxyl groups is 2. The lowest BCUT2D eigenvalue weighted by molar-refractivity contribution is -0.144. The summed E-state index contributed by atoms with van der Waals surface area (Å²) in [6.45, 7) is 8.11. The summed E-state index contributed by atoms with van der Waals surface area (Å²) < 4.78 is 0. The van der Waals surface area contributed by atoms with E-state index in [9.17, 15) is 24.6 Å². The molecule has 1 saturated heterocycles. The largest absolute Gasteiger partial charge is 0.396 e. The fourth-order valence-corrected chi connectivity index (χ4v) is 6.46. The molecule has 0 bridgehead atoms. The van der Waals surface area contributed by atoms with Gasteiger partial charge in [-0.3, -0.25) is 14.4 Å². The van der Waals surface area contributed by atoms with Crippen LogP contribution < -0.4 is 10.6 Å². The molecule has 0 unspecified atom stereocenters. The number of nitrogens with zero attached hydrogens (tertiary/aromatic N) is 2. The normalized spacial score (nSPS) is 24.0. The van der Waals surface area contributed by atoms with Crippen LogP contribution in [-0.4, -0.2) is 69.2 Å². The SMILES string of the molecule is Cc1ncsc1-c1ccc(CNC(=O)[C@@H]2C[C@@H](O)CN2C(=O)[C@@H](NC(=O)C2CCC(CO)CC2)C(C)(C)C)cc1. The van der Waals surface area contributed by atoms with Crippen molar-refractivity contribution in [3.05, 3.63) is 41.0 Å². The molecule has 10 heteroatoms. The molecule has 0 radical (unpaired) electrons. The Morgan fingerprint density at radius 3 is 2.35 bits per heavy atom. The molecule has 4 N–H and O–H groups in total. The lowest BCUT2D eigenvalue weighted by Gasteiger charge is -2.36. The van der Waals surface area contributed by atoms with Gasteiger partial charge in [0.15, 0.2) is 0 Å². The Kier molecular flexibility index (Phi) is 9.64. The van der Waals surface area contributed by atoms with Crippen molar-refractivity contribution < 1.29 is 24.6 Å². The zero-order valence-electron chi connectivity index (χ0n) is 23.9. The van der Waals surface area contributed by atoms with Crippen LogP contribution in [0.4, 0.5) is 0 Å². The number of likely N-dealkylation sites (tertiary alicyclic amines) is 1. The molecule has 218 valence electrons. The first-order valence-corrected chi connectivity index (χ1v) is 15.0. The number of hydrogen-bond acceptors (Lipinski definition) is 7. The van der Waals surface area contributed by atoms with Crippen molar-refractivity contribution in [1.29, 1.82) is 0 Å². The Balaban J connectivity index is 1.39. The molecule has 1 aliphatic carbocycles. The highest BCUT2D eigenvalue weighted by Gasteiger charge is 2.45. The summed E-state index contributed by atoms with van der Waals surface area (Å²) in [6.07, 6.45) is 2.28. The van der Waals surface area contributed by atoms with Crippen LogP contribution in [0.3, 0.4) is 0 Å². The topological polar surface area (TPSA) is 132 Å². The maximum atomic E-state index is 13.8. The van der Waals surface area contributed by atoms with Gasteiger partial charge in [-0.15, -0.1) is 11.3 Å². The molecule has 3 atom stereocenters. The van der Waals surface area contributed by atoms with E-state index in [-0.39, 0.29) is 49.1 Å². The number of aryl methyl sites for hydroxylation is 1. The van der Waals surface area contributed by atoms with E-state index in [1.807, 2.05) is 57.5 Å². The summed E-state index contributed by atoms with van der Waals surface area (Å²) in [4.78, 5) is 47.0. The third-order valence-electron chi connectivity index (χ3n) is 8.17. The summed E-state index contributed by atoms with van der Waals surface area (Å²) >= 11 is 1.59. The molecular formula is C30H42N4O5S. The molecule has 2 fully saturated rings. The van der Waals surface area contributed by atoms with Crippen LogP contribution in [0.1, 0.15) is 64.1 Å². The van der Waals surface area contributed by atoms with E-state index < -0.39 is 23.6 Å². The van der Waals surface area contributed by atoms with E-state index in [0.29, 0.717) is 19.4 Å². The van der Waals surface area contributed by atoms with E-state index in [0.717, 1.165) is 34.5 Å². The van der Waals surface area contributed by atoms with Crippen LogP contribution in [0.5, 0.6) is 0 Å². The lowest BCUT2D eigenvalue weighted by atomic mass is 9.80. The highest BCUT2D eigenvalue weighted by atomic mass is 32.1. The summed E-state index contributed by atoms with van der Waals surface area (Å²) in [5.41, 5.74) is 4.20. The van der Waals surface area contributed by atoms with Crippen LogP contribution in [-0.2, 0) is 20.9 Å². The highest BCUT2D eigenvalue weighted by molar-refractivity contribution is 7.13. The van der Waals surface area contributed by atoms with E-state index in [1.165, 1.54) is 4.90 Å². The number of carbonyl (C=O) groups is 3. The Morgan fingerprint density at radius 2 is 1.77 bits per heavy atom. The van der Waals surface area contributed by atoms with Gasteiger partial charge in [0.1, 0.15) is 12.1 Å². The average Bonchev–Trinajstić information content (AvgIpc) is 3.54. The van der Waals surface area contributed by atoms with Gasteiger partial charge < -0.3 is 25.7 Å². The molecular weight excluding hydrogens is 528 g/mol. The maximum Gasteiger partial charge on any atom is 0.246 e. The van der Waals surface area contributed by atoms with Crippen molar-refractivity contribution in [1.82, 2.24) is 20.5 Å². The van der Waals surface area contributed by atoms with E-state index in [1.54, 1.807) is 11.3 Å². The van der Waals surface area contributed by atoms with E-state index in [4.69, 9.17) is 0 Å². The summed E-state index contributed by atoms with van der Waals surface area (Å²) in [5, 5.41) is 25.7. The zero-order chi connectivity index (χ0) is 29.0. The molecule has 4 rings (SSSR count). The average molecular weight is 571 g/mol. The smallest absolute Gasteiger partial charge is 0.246 e. The maximum absolute atomic E-state index is 13.8. The van der Waals surface area contributed by atoms with E-state index in [2.05, 4.69) is 15.6 Å². The number of aromatic nitrogens is 1. The fourth-order valence-electron chi connectivity index (χ4n) is 5.65. The van der Waals surface area contributed by atoms with Crippen LogP contribution >= 0.6 is 11.3 Å². The van der Waals surface area contributed by atoms with Crippen LogP contribution in [0.25, 0.3) is 10.4 Å². The number of β-amino-alcohol motifs (C(OH)–C–C–N with tert-alkyl or cyclic N) is 1. The van der Waals surface area contributed by atoms with Gasteiger partial charge in [-0.05, 0) is 55.1 Å². The first kappa shape index (κ1) is 30.1. The number of hydrogen-bond donors (Lipinski definition) is 4. The number of rotatable bonds is 8. The molecule has 2 heterocycles. The first-order chi connectivity index (χ1) is 19.0. The first-order valence-electron chi connectivity index (χ1n) is 14.1. The quantitative estimate of drug-likeness (QED) is 0.386. The van der Waals surface area contributed by atoms with Crippen molar-refractivity contribution in [2.24, 2.45) is 17.3 Å². The van der Waals surface area contributed by atoms with Gasteiger partial charge in [-0.25, -0.2) is 4.98 Å². The van der Waals surface area contributed by atoms with Gasteiger partial charge in [-0.2, -0.15) is 0 Å². The Labute approximate surface area is 240 Å². The zero-order valence-corrected chi connectivity index (χ0v) is 24.7. The highest BCUT2D eigenvalue weighted by Crippen LogP contribution is 2.31. The molecule has 40 heavy (non-hydrogen) atoms. The van der Waals surface area contributed by atoms with Crippen molar-refractivity contribution >= 4 is 29.1 Å². The molecule has 1 saturated carbocycles. The van der Waals surface area contributed by atoms with Crippen molar-refractivity contribution in [2.45, 2.75) is 84.5 Å². The van der Waals surface area contributed by atoms with Crippen molar-refractivity contribution in [2.75, 3.05) is 13.2 Å². The standard InChI is InChI=1S/C30H42N4O5S/c1-18-25(40-17-32-18)21-9-5-19(6-10-21)14-31-28(38)24-13-23(36)15-34(24)29(39)26(30(2,3)4)33-27(37)22-11-7-20(16-35)8-12-22/h5-6,9-10,17,20,22-24,26,35-36H,7-8,11-16H2,1-4H3,(H,31,38)(H,33,37)/t20?,22?,23-,24+,26-/m1/s1. The Morgan fingerprint density at radius 1 is 1.10 bits per heavy atom. The fraction of sp³-hybridized carbons (Fsp3) is 0.600. The predicted octanol–water partition coefficient (Wildman–Crippen LogP) is 3.03. The minimum Gasteiger partial charge on any atom is -0.396 e. The van der Waals surface area contributed by atoms with Gasteiger partial charge in [0.05, 0.1) is 22.2 Å². The minimum absolute atomic E-state index is 0.0455. The molecule has 2 aromatic rings. The Bertz CT molecular complexity index is 1180. The third-order valence-corrected chi connectivity index (χ3v) is 9.15. The molecule has 1 aliphatic heterocycles. The van der Waals surface area contributed by atoms with Crippen molar-refractivity contribution in [3.63, 3.8) is 0 Å². The number of benzene rings is 1. The monoisotopic (exact) mass is 570 g/mol. The van der Waals surface area contributed by atoms with Gasteiger partial charge in [-0.1, -0.05) is 45.0 Å². The molecule has 3 amide bonds. The lowest BCUT2D eigenvalue weighted by Crippen LogP contribution is -2.58. The summed E-state index contributed by atoms with van der Waals surface area (Å²) in [7, 11) is 0. The second-order valence-corrected chi connectivity index (χ2v) is 13.1. The number of amides is 3. The number of aliphatic hydroxyl groups excluding tert-OH is 2. The van der Waals surface area contributed by atoms with Crippen molar-refractivity contribution in [3.8, 4) is 10.4 Å². The second kappa shape index (κ2) is 12.8. The van der Waals surface area contributed by atoms with Gasteiger partial charge in [0.2, 0.25) is 17.7 Å². The van der Waals surface area contributed by atoms with Crippen LogP contribution in [0.15, 0.2) is 29.8 Å². The van der Waals surface area contributed by atoms with Gasteiger partial charge in [0, 0.05) is 32.0 Å².